The molecule has 0 aromatic carbocycles. The van der Waals surface area contributed by atoms with Crippen molar-refractivity contribution in [3.8, 4) is 0 Å². The number of hydrogen-bond donors (Lipinski definition) is 1. The molecule has 0 radical (unpaired) electrons. The number of ether oxygens (including phenoxy) is 9. The number of hydrogen-bond acceptors (Lipinski definition) is 11. The van der Waals surface area contributed by atoms with Gasteiger partial charge in [0.05, 0.1) is 30.8 Å². The van der Waals surface area contributed by atoms with Gasteiger partial charge in [0.1, 0.15) is 11.7 Å². The molecular weight excluding hydrogens is 706 g/mol. The number of carbonyl (C=O) groups excluding carboxylic acids is 2. The van der Waals surface area contributed by atoms with Crippen molar-refractivity contribution in [1.29, 1.82) is 0 Å². The smallest absolute Gasteiger partial charge is 0.407 e. The van der Waals surface area contributed by atoms with Gasteiger partial charge in [-0.25, -0.2) is 4.79 Å². The molecule has 0 saturated carbocycles. The molecule has 2 rings (SSSR count). The quantitative estimate of drug-likeness (QED) is 0.0465. The van der Waals surface area contributed by atoms with Gasteiger partial charge >= 0.3 is 12.1 Å². The molecule has 0 bridgehead atoms. The molecule has 12 heteroatoms. The molecular formula is C43H75NO11. The second-order valence-electron chi connectivity index (χ2n) is 15.2. The third kappa shape index (κ3) is 17.4. The van der Waals surface area contributed by atoms with Crippen LogP contribution in [0.15, 0.2) is 37.0 Å². The molecule has 12 nitrogen and oxygen atoms in total. The standard InChI is InChI=1S/C43H75NO11/c1-14-36(51-33(11)48-17-4)31(9)41-37(52-41)26-28(6)20-19-21-29(7)40-30(8)22-23-38(53-42(46)44-15-2)43(13,55-34(12)49-18-5)25-24-35(27-39(45)54-40)50-32(10)47-16-3/h14,19-20,22-23,28-38,40-41H,1,15-18,21,24-27H2,2-13H3,(H,44,46)/b20-19+,23-22+. The van der Waals surface area contributed by atoms with E-state index in [2.05, 4.69) is 44.8 Å². The lowest BCUT2D eigenvalue weighted by atomic mass is 9.86. The first-order valence-electron chi connectivity index (χ1n) is 20.7. The van der Waals surface area contributed by atoms with Crippen molar-refractivity contribution < 1.29 is 52.2 Å². The van der Waals surface area contributed by atoms with Crippen LogP contribution in [0.5, 0.6) is 0 Å². The molecule has 318 valence electrons. The number of epoxide rings is 1. The Balaban J connectivity index is 2.27. The first-order chi connectivity index (χ1) is 26.1. The Morgan fingerprint density at radius 1 is 0.982 bits per heavy atom. The van der Waals surface area contributed by atoms with Gasteiger partial charge < -0.3 is 47.9 Å². The van der Waals surface area contributed by atoms with Gasteiger partial charge in [0.2, 0.25) is 0 Å². The fourth-order valence-electron chi connectivity index (χ4n) is 7.30. The second-order valence-corrected chi connectivity index (χ2v) is 15.2. The Kier molecular flexibility index (Phi) is 22.3. The Hall–Kier alpha value is -2.32. The zero-order valence-corrected chi connectivity index (χ0v) is 36.0. The maximum absolute atomic E-state index is 13.6. The molecule has 0 aromatic rings. The van der Waals surface area contributed by atoms with Crippen LogP contribution < -0.4 is 5.32 Å². The zero-order valence-electron chi connectivity index (χ0n) is 36.0. The summed E-state index contributed by atoms with van der Waals surface area (Å²) in [6, 6.07) is 0. The molecule has 1 saturated heterocycles. The van der Waals surface area contributed by atoms with Gasteiger partial charge in [-0.2, -0.15) is 0 Å². The van der Waals surface area contributed by atoms with Gasteiger partial charge in [-0.3, -0.25) is 4.79 Å². The van der Waals surface area contributed by atoms with Crippen molar-refractivity contribution >= 4 is 12.1 Å². The summed E-state index contributed by atoms with van der Waals surface area (Å²) in [7, 11) is 0. The van der Waals surface area contributed by atoms with E-state index in [1.807, 2.05) is 80.5 Å². The maximum Gasteiger partial charge on any atom is 0.407 e. The fraction of sp³-hybridized carbons (Fsp3) is 0.814. The SMILES string of the molecule is C=CC(OC(C)OCC)C(C)C1OC1CC(C)/C=C/CC(C)C1OC(=O)CC(OC(C)OCC)CCC(C)(OC(C)OCC)C(OC(=O)NCC)/C=C/C1C. The Morgan fingerprint density at radius 3 is 2.27 bits per heavy atom. The molecule has 2 heterocycles. The van der Waals surface area contributed by atoms with Crippen LogP contribution in [-0.2, 0) is 47.4 Å². The van der Waals surface area contributed by atoms with E-state index in [1.165, 1.54) is 0 Å². The predicted octanol–water partition coefficient (Wildman–Crippen LogP) is 8.28. The van der Waals surface area contributed by atoms with Crippen LogP contribution in [0.25, 0.3) is 0 Å². The van der Waals surface area contributed by atoms with Crippen molar-refractivity contribution in [2.75, 3.05) is 26.4 Å². The molecule has 2 aliphatic heterocycles. The van der Waals surface area contributed by atoms with E-state index in [0.717, 1.165) is 6.42 Å². The molecule has 2 aliphatic rings. The highest BCUT2D eigenvalue weighted by atomic mass is 16.7. The van der Waals surface area contributed by atoms with Crippen molar-refractivity contribution in [2.24, 2.45) is 23.7 Å². The van der Waals surface area contributed by atoms with Crippen molar-refractivity contribution in [2.45, 2.75) is 176 Å². The lowest BCUT2D eigenvalue weighted by molar-refractivity contribution is -0.224. The minimum atomic E-state index is -1.01. The molecule has 14 atom stereocenters. The Labute approximate surface area is 332 Å². The van der Waals surface area contributed by atoms with E-state index < -0.39 is 42.6 Å². The van der Waals surface area contributed by atoms with Crippen LogP contribution in [0.3, 0.4) is 0 Å². The van der Waals surface area contributed by atoms with Crippen molar-refractivity contribution in [1.82, 2.24) is 5.32 Å². The summed E-state index contributed by atoms with van der Waals surface area (Å²) < 4.78 is 54.2. The van der Waals surface area contributed by atoms with Crippen LogP contribution in [0.4, 0.5) is 4.79 Å². The third-order valence-corrected chi connectivity index (χ3v) is 10.3. The highest BCUT2D eigenvalue weighted by Gasteiger charge is 2.46. The minimum absolute atomic E-state index is 0.0251. The van der Waals surface area contributed by atoms with Gasteiger partial charge in [0, 0.05) is 38.2 Å². The number of carbonyl (C=O) groups is 2. The second kappa shape index (κ2) is 25.1. The lowest BCUT2D eigenvalue weighted by Crippen LogP contribution is -2.48. The highest BCUT2D eigenvalue weighted by Crippen LogP contribution is 2.38. The van der Waals surface area contributed by atoms with Crippen LogP contribution in [0, 0.1) is 23.7 Å². The van der Waals surface area contributed by atoms with Gasteiger partial charge in [0.15, 0.2) is 25.0 Å². The molecule has 1 N–H and O–H groups in total. The normalized spacial score (nSPS) is 30.7. The molecule has 1 amide bonds. The number of amides is 1. The predicted molar refractivity (Wildman–Crippen MR) is 213 cm³/mol. The average Bonchev–Trinajstić information content (AvgIpc) is 3.88. The van der Waals surface area contributed by atoms with E-state index in [9.17, 15) is 9.59 Å². The van der Waals surface area contributed by atoms with Crippen LogP contribution in [0.1, 0.15) is 115 Å². The molecule has 0 spiro atoms. The van der Waals surface area contributed by atoms with Gasteiger partial charge in [-0.1, -0.05) is 52.0 Å². The van der Waals surface area contributed by atoms with E-state index in [4.69, 9.17) is 42.6 Å². The first kappa shape index (κ1) is 48.8. The molecule has 14 unspecified atom stereocenters. The number of cyclic esters (lactones) is 1. The van der Waals surface area contributed by atoms with Crippen LogP contribution in [0.2, 0.25) is 0 Å². The fourth-order valence-corrected chi connectivity index (χ4v) is 7.30. The summed E-state index contributed by atoms with van der Waals surface area (Å²) >= 11 is 0. The summed E-state index contributed by atoms with van der Waals surface area (Å²) in [6.45, 7) is 29.3. The van der Waals surface area contributed by atoms with E-state index in [-0.39, 0.29) is 60.7 Å². The average molecular weight is 782 g/mol. The zero-order chi connectivity index (χ0) is 41.1. The topological polar surface area (TPSA) is 133 Å². The number of allylic oxidation sites excluding steroid dienone is 2. The van der Waals surface area contributed by atoms with Gasteiger partial charge in [-0.05, 0) is 99.0 Å². The number of nitrogens with one attached hydrogen (secondary N) is 1. The number of rotatable bonds is 23. The summed E-state index contributed by atoms with van der Waals surface area (Å²) in [5.41, 5.74) is -1.01. The largest absolute Gasteiger partial charge is 0.461 e. The summed E-state index contributed by atoms with van der Waals surface area (Å²) in [5, 5.41) is 2.74. The molecule has 0 aromatic heterocycles. The minimum Gasteiger partial charge on any atom is -0.461 e. The number of esters is 1. The first-order valence-corrected chi connectivity index (χ1v) is 20.7. The van der Waals surface area contributed by atoms with Gasteiger partial charge in [-0.15, -0.1) is 6.58 Å². The number of alkyl carbamates (subject to hydrolysis) is 1. The van der Waals surface area contributed by atoms with Crippen LogP contribution >= 0.6 is 0 Å². The third-order valence-electron chi connectivity index (χ3n) is 10.3. The van der Waals surface area contributed by atoms with Crippen molar-refractivity contribution in [3.05, 3.63) is 37.0 Å². The van der Waals surface area contributed by atoms with Gasteiger partial charge in [0.25, 0.3) is 0 Å². The van der Waals surface area contributed by atoms with Crippen molar-refractivity contribution in [3.63, 3.8) is 0 Å². The molecule has 55 heavy (non-hydrogen) atoms. The lowest BCUT2D eigenvalue weighted by Gasteiger charge is -2.39. The molecule has 0 aliphatic carbocycles. The van der Waals surface area contributed by atoms with Crippen LogP contribution in [-0.4, -0.2) is 99.5 Å². The van der Waals surface area contributed by atoms with E-state index in [1.54, 1.807) is 0 Å². The highest BCUT2D eigenvalue weighted by molar-refractivity contribution is 5.70. The van der Waals surface area contributed by atoms with E-state index >= 15 is 0 Å². The summed E-state index contributed by atoms with van der Waals surface area (Å²) in [4.78, 5) is 26.5. The summed E-state index contributed by atoms with van der Waals surface area (Å²) in [5.74, 6) is -0.143. The maximum atomic E-state index is 13.6. The Bertz CT molecular complexity index is 1180. The summed E-state index contributed by atoms with van der Waals surface area (Å²) in [6.07, 6.45) is 8.84. The monoisotopic (exact) mass is 782 g/mol. The van der Waals surface area contributed by atoms with E-state index in [0.29, 0.717) is 45.6 Å². The Morgan fingerprint density at radius 2 is 1.64 bits per heavy atom. The molecule has 1 fully saturated rings.